The highest BCUT2D eigenvalue weighted by atomic mass is 16.5. The van der Waals surface area contributed by atoms with Gasteiger partial charge < -0.3 is 14.4 Å². The quantitative estimate of drug-likeness (QED) is 0.588. The van der Waals surface area contributed by atoms with Crippen molar-refractivity contribution in [2.75, 3.05) is 33.3 Å². The number of rotatable bonds is 7. The lowest BCUT2D eigenvalue weighted by Gasteiger charge is -2.34. The molecule has 3 aromatic rings. The van der Waals surface area contributed by atoms with Crippen LogP contribution in [0.4, 0.5) is 0 Å². The monoisotopic (exact) mass is 417 g/mol. The second-order valence-corrected chi connectivity index (χ2v) is 7.59. The molecule has 0 spiro atoms. The number of benzene rings is 2. The molecule has 4 rings (SSSR count). The van der Waals surface area contributed by atoms with E-state index in [4.69, 9.17) is 9.47 Å². The van der Waals surface area contributed by atoms with E-state index < -0.39 is 0 Å². The van der Waals surface area contributed by atoms with E-state index in [2.05, 4.69) is 16.0 Å². The number of hydrogen-bond donors (Lipinski definition) is 0. The number of aromatic nitrogens is 1. The van der Waals surface area contributed by atoms with E-state index >= 15 is 0 Å². The molecule has 160 valence electrons. The van der Waals surface area contributed by atoms with Crippen molar-refractivity contribution in [2.24, 2.45) is 0 Å². The fourth-order valence-electron chi connectivity index (χ4n) is 3.62. The SMILES string of the molecule is COc1ccc(OCc2ccc(C(=O)N3CCN(Cc4cccnc4)CC3)cc2)cc1. The van der Waals surface area contributed by atoms with Gasteiger partial charge >= 0.3 is 0 Å². The Morgan fingerprint density at radius 2 is 1.61 bits per heavy atom. The molecule has 6 nitrogen and oxygen atoms in total. The minimum absolute atomic E-state index is 0.0867. The minimum atomic E-state index is 0.0867. The Balaban J connectivity index is 1.26. The predicted molar refractivity (Wildman–Crippen MR) is 119 cm³/mol. The molecule has 0 bridgehead atoms. The topological polar surface area (TPSA) is 54.9 Å². The highest BCUT2D eigenvalue weighted by molar-refractivity contribution is 5.94. The van der Waals surface area contributed by atoms with Crippen LogP contribution >= 0.6 is 0 Å². The summed E-state index contributed by atoms with van der Waals surface area (Å²) in [5.41, 5.74) is 2.94. The Labute approximate surface area is 183 Å². The third kappa shape index (κ3) is 5.61. The molecular formula is C25H27N3O3. The molecule has 0 unspecified atom stereocenters. The molecule has 0 saturated carbocycles. The molecule has 1 aliphatic heterocycles. The summed E-state index contributed by atoms with van der Waals surface area (Å²) in [7, 11) is 1.64. The standard InChI is InChI=1S/C25H27N3O3/c1-30-23-8-10-24(11-9-23)31-19-20-4-6-22(7-5-20)25(29)28-15-13-27(14-16-28)18-21-3-2-12-26-17-21/h2-12,17H,13-16,18-19H2,1H3. The first-order valence-corrected chi connectivity index (χ1v) is 10.5. The van der Waals surface area contributed by atoms with Gasteiger partial charge in [-0.05, 0) is 53.6 Å². The first-order chi connectivity index (χ1) is 15.2. The molecule has 0 atom stereocenters. The molecule has 31 heavy (non-hydrogen) atoms. The van der Waals surface area contributed by atoms with E-state index in [1.807, 2.05) is 65.7 Å². The van der Waals surface area contributed by atoms with E-state index in [-0.39, 0.29) is 5.91 Å². The van der Waals surface area contributed by atoms with Crippen molar-refractivity contribution in [3.8, 4) is 11.5 Å². The maximum absolute atomic E-state index is 12.9. The van der Waals surface area contributed by atoms with Crippen molar-refractivity contribution in [2.45, 2.75) is 13.2 Å². The molecular weight excluding hydrogens is 390 g/mol. The van der Waals surface area contributed by atoms with Gasteiger partial charge in [-0.3, -0.25) is 14.7 Å². The second-order valence-electron chi connectivity index (χ2n) is 7.59. The number of methoxy groups -OCH3 is 1. The van der Waals surface area contributed by atoms with Crippen LogP contribution in [-0.2, 0) is 13.2 Å². The highest BCUT2D eigenvalue weighted by Crippen LogP contribution is 2.19. The normalized spacial score (nSPS) is 14.3. The van der Waals surface area contributed by atoms with Gasteiger partial charge in [0.2, 0.25) is 0 Å². The van der Waals surface area contributed by atoms with Crippen LogP contribution in [0.2, 0.25) is 0 Å². The van der Waals surface area contributed by atoms with Crippen LogP contribution in [-0.4, -0.2) is 54.0 Å². The Kier molecular flexibility index (Phi) is 6.79. The largest absolute Gasteiger partial charge is 0.497 e. The number of nitrogens with zero attached hydrogens (tertiary/aromatic N) is 3. The third-order valence-corrected chi connectivity index (χ3v) is 5.45. The maximum atomic E-state index is 12.9. The maximum Gasteiger partial charge on any atom is 0.253 e. The van der Waals surface area contributed by atoms with E-state index in [1.54, 1.807) is 13.3 Å². The van der Waals surface area contributed by atoms with Crippen molar-refractivity contribution < 1.29 is 14.3 Å². The summed E-state index contributed by atoms with van der Waals surface area (Å²) in [5.74, 6) is 1.67. The van der Waals surface area contributed by atoms with Crippen molar-refractivity contribution in [1.82, 2.24) is 14.8 Å². The third-order valence-electron chi connectivity index (χ3n) is 5.45. The molecule has 6 heteroatoms. The van der Waals surface area contributed by atoms with Crippen LogP contribution in [0.5, 0.6) is 11.5 Å². The summed E-state index contributed by atoms with van der Waals surface area (Å²) in [4.78, 5) is 21.3. The smallest absolute Gasteiger partial charge is 0.253 e. The Morgan fingerprint density at radius 3 is 2.26 bits per heavy atom. The average Bonchev–Trinajstić information content (AvgIpc) is 2.84. The van der Waals surface area contributed by atoms with Crippen molar-refractivity contribution >= 4 is 5.91 Å². The average molecular weight is 418 g/mol. The van der Waals surface area contributed by atoms with Gasteiger partial charge in [0.15, 0.2) is 0 Å². The summed E-state index contributed by atoms with van der Waals surface area (Å²) in [6.07, 6.45) is 3.69. The van der Waals surface area contributed by atoms with Gasteiger partial charge in [-0.2, -0.15) is 0 Å². The minimum Gasteiger partial charge on any atom is -0.497 e. The van der Waals surface area contributed by atoms with Crippen LogP contribution in [0.25, 0.3) is 0 Å². The molecule has 0 aliphatic carbocycles. The molecule has 2 aromatic carbocycles. The number of hydrogen-bond acceptors (Lipinski definition) is 5. The van der Waals surface area contributed by atoms with Crippen LogP contribution < -0.4 is 9.47 Å². The van der Waals surface area contributed by atoms with Crippen LogP contribution in [0, 0.1) is 0 Å². The van der Waals surface area contributed by atoms with Gasteiger partial charge in [0.05, 0.1) is 7.11 Å². The fraction of sp³-hybridized carbons (Fsp3) is 0.280. The number of piperazine rings is 1. The first kappa shape index (κ1) is 20.9. The summed E-state index contributed by atoms with van der Waals surface area (Å²) >= 11 is 0. The summed E-state index contributed by atoms with van der Waals surface area (Å²) in [6, 6.07) is 19.2. The number of amides is 1. The van der Waals surface area contributed by atoms with Gasteiger partial charge in [0.25, 0.3) is 5.91 Å². The zero-order chi connectivity index (χ0) is 21.5. The molecule has 0 radical (unpaired) electrons. The van der Waals surface area contributed by atoms with Gasteiger partial charge in [-0.25, -0.2) is 0 Å². The van der Waals surface area contributed by atoms with Crippen LogP contribution in [0.15, 0.2) is 73.1 Å². The number of carbonyl (C=O) groups is 1. The highest BCUT2D eigenvalue weighted by Gasteiger charge is 2.22. The Bertz CT molecular complexity index is 967. The van der Waals surface area contributed by atoms with Gasteiger partial charge in [0.1, 0.15) is 18.1 Å². The molecule has 1 fully saturated rings. The van der Waals surface area contributed by atoms with Gasteiger partial charge in [0, 0.05) is 50.7 Å². The summed E-state index contributed by atoms with van der Waals surface area (Å²) in [6.45, 7) is 4.54. The fourth-order valence-corrected chi connectivity index (χ4v) is 3.62. The van der Waals surface area contributed by atoms with Crippen molar-refractivity contribution in [3.05, 3.63) is 89.7 Å². The number of ether oxygens (including phenoxy) is 2. The van der Waals surface area contributed by atoms with E-state index in [1.165, 1.54) is 5.56 Å². The number of carbonyl (C=O) groups excluding carboxylic acids is 1. The van der Waals surface area contributed by atoms with Gasteiger partial charge in [-0.15, -0.1) is 0 Å². The molecule has 1 amide bonds. The molecule has 2 heterocycles. The molecule has 1 saturated heterocycles. The summed E-state index contributed by atoms with van der Waals surface area (Å²) < 4.78 is 11.0. The zero-order valence-electron chi connectivity index (χ0n) is 17.7. The van der Waals surface area contributed by atoms with Crippen LogP contribution in [0.1, 0.15) is 21.5 Å². The second kappa shape index (κ2) is 10.1. The predicted octanol–water partition coefficient (Wildman–Crippen LogP) is 3.63. The summed E-state index contributed by atoms with van der Waals surface area (Å²) in [5, 5.41) is 0. The lowest BCUT2D eigenvalue weighted by atomic mass is 10.1. The zero-order valence-corrected chi connectivity index (χ0v) is 17.7. The van der Waals surface area contributed by atoms with E-state index in [0.29, 0.717) is 12.2 Å². The van der Waals surface area contributed by atoms with E-state index in [9.17, 15) is 4.79 Å². The van der Waals surface area contributed by atoms with Crippen LogP contribution in [0.3, 0.4) is 0 Å². The van der Waals surface area contributed by atoms with Gasteiger partial charge in [-0.1, -0.05) is 18.2 Å². The lowest BCUT2D eigenvalue weighted by molar-refractivity contribution is 0.0628. The molecule has 0 N–H and O–H groups in total. The lowest BCUT2D eigenvalue weighted by Crippen LogP contribution is -2.48. The van der Waals surface area contributed by atoms with Crippen molar-refractivity contribution in [1.29, 1.82) is 0 Å². The Hall–Kier alpha value is -3.38. The molecule has 1 aliphatic rings. The number of pyridine rings is 1. The van der Waals surface area contributed by atoms with Crippen molar-refractivity contribution in [3.63, 3.8) is 0 Å². The first-order valence-electron chi connectivity index (χ1n) is 10.5. The van der Waals surface area contributed by atoms with E-state index in [0.717, 1.165) is 49.8 Å². The Morgan fingerprint density at radius 1 is 0.903 bits per heavy atom. The molecule has 1 aromatic heterocycles.